The molecule has 1 aromatic carbocycles. The number of pyridine rings is 1. The van der Waals surface area contributed by atoms with Gasteiger partial charge in [-0.25, -0.2) is 0 Å². The van der Waals surface area contributed by atoms with E-state index in [1.165, 1.54) is 0 Å². The van der Waals surface area contributed by atoms with Crippen LogP contribution < -0.4 is 5.73 Å². The van der Waals surface area contributed by atoms with Gasteiger partial charge in [0.2, 0.25) is 5.78 Å². The zero-order chi connectivity index (χ0) is 11.5. The van der Waals surface area contributed by atoms with E-state index in [-0.39, 0.29) is 5.78 Å². The second-order valence-corrected chi connectivity index (χ2v) is 3.64. The van der Waals surface area contributed by atoms with Gasteiger partial charge in [0.15, 0.2) is 0 Å². The van der Waals surface area contributed by atoms with E-state index in [2.05, 4.69) is 4.98 Å². The number of aromatic nitrogens is 1. The molecule has 3 heteroatoms. The van der Waals surface area contributed by atoms with Gasteiger partial charge in [0, 0.05) is 11.8 Å². The number of benzene rings is 1. The molecule has 0 fully saturated rings. The molecule has 0 amide bonds. The first-order valence-corrected chi connectivity index (χ1v) is 5.00. The van der Waals surface area contributed by atoms with Crippen molar-refractivity contribution in [1.29, 1.82) is 0 Å². The Bertz CT molecular complexity index is 518. The molecule has 0 saturated heterocycles. The summed E-state index contributed by atoms with van der Waals surface area (Å²) >= 11 is 0. The van der Waals surface area contributed by atoms with Crippen LogP contribution in [0.1, 0.15) is 21.6 Å². The second kappa shape index (κ2) is 4.14. The van der Waals surface area contributed by atoms with Gasteiger partial charge in [0.25, 0.3) is 0 Å². The third kappa shape index (κ3) is 1.93. The number of hydrogen-bond donors (Lipinski definition) is 1. The van der Waals surface area contributed by atoms with Gasteiger partial charge in [0.05, 0.1) is 5.69 Å². The monoisotopic (exact) mass is 212 g/mol. The van der Waals surface area contributed by atoms with Crippen LogP contribution in [0.25, 0.3) is 0 Å². The highest BCUT2D eigenvalue weighted by Crippen LogP contribution is 2.14. The number of anilines is 1. The predicted molar refractivity (Wildman–Crippen MR) is 63.3 cm³/mol. The molecular formula is C13H12N2O. The molecule has 0 bridgehead atoms. The Labute approximate surface area is 93.9 Å². The number of carbonyl (C=O) groups is 1. The number of rotatable bonds is 2. The van der Waals surface area contributed by atoms with Crippen molar-refractivity contribution < 1.29 is 4.79 Å². The van der Waals surface area contributed by atoms with Crippen LogP contribution in [0.3, 0.4) is 0 Å². The molecule has 1 heterocycles. The normalized spacial score (nSPS) is 10.1. The van der Waals surface area contributed by atoms with Gasteiger partial charge in [-0.2, -0.15) is 0 Å². The minimum absolute atomic E-state index is 0.141. The van der Waals surface area contributed by atoms with Crippen molar-refractivity contribution in [3.05, 3.63) is 59.4 Å². The third-order valence-corrected chi connectivity index (χ3v) is 2.37. The Morgan fingerprint density at radius 1 is 1.19 bits per heavy atom. The number of ketones is 1. The summed E-state index contributed by atoms with van der Waals surface area (Å²) in [7, 11) is 0. The van der Waals surface area contributed by atoms with Gasteiger partial charge in [-0.05, 0) is 19.1 Å². The van der Waals surface area contributed by atoms with Gasteiger partial charge in [0.1, 0.15) is 5.69 Å². The number of hydrogen-bond acceptors (Lipinski definition) is 3. The molecule has 2 N–H and O–H groups in total. The summed E-state index contributed by atoms with van der Waals surface area (Å²) in [4.78, 5) is 16.0. The van der Waals surface area contributed by atoms with E-state index >= 15 is 0 Å². The lowest BCUT2D eigenvalue weighted by molar-refractivity contribution is 0.103. The lowest BCUT2D eigenvalue weighted by atomic mass is 10.1. The summed E-state index contributed by atoms with van der Waals surface area (Å²) < 4.78 is 0. The topological polar surface area (TPSA) is 56.0 Å². The molecular weight excluding hydrogens is 200 g/mol. The van der Waals surface area contributed by atoms with Crippen LogP contribution >= 0.6 is 0 Å². The Morgan fingerprint density at radius 3 is 2.50 bits per heavy atom. The second-order valence-electron chi connectivity index (χ2n) is 3.64. The molecule has 3 nitrogen and oxygen atoms in total. The highest BCUT2D eigenvalue weighted by Gasteiger charge is 2.12. The number of nitrogen functional groups attached to an aromatic ring is 1. The molecule has 2 aromatic rings. The van der Waals surface area contributed by atoms with Crippen molar-refractivity contribution in [3.8, 4) is 0 Å². The first kappa shape index (κ1) is 10.4. The molecule has 0 aliphatic rings. The lowest BCUT2D eigenvalue weighted by Gasteiger charge is -2.03. The largest absolute Gasteiger partial charge is 0.397 e. The molecule has 1 aromatic heterocycles. The standard InChI is InChI=1S/C13H12N2O/c1-9-4-6-10(7-5-9)13(16)12-11(14)3-2-8-15-12/h2-8H,14H2,1H3. The van der Waals surface area contributed by atoms with Crippen molar-refractivity contribution in [1.82, 2.24) is 4.98 Å². The van der Waals surface area contributed by atoms with E-state index in [4.69, 9.17) is 5.73 Å². The first-order chi connectivity index (χ1) is 7.68. The SMILES string of the molecule is Cc1ccc(C(=O)c2ncccc2N)cc1. The maximum absolute atomic E-state index is 12.0. The van der Waals surface area contributed by atoms with Gasteiger partial charge in [-0.3, -0.25) is 9.78 Å². The van der Waals surface area contributed by atoms with E-state index in [1.54, 1.807) is 30.5 Å². The van der Waals surface area contributed by atoms with Crippen LogP contribution in [0.4, 0.5) is 5.69 Å². The Hall–Kier alpha value is -2.16. The Kier molecular flexibility index (Phi) is 2.68. The molecule has 0 saturated carbocycles. The minimum Gasteiger partial charge on any atom is -0.397 e. The van der Waals surface area contributed by atoms with Crippen LogP contribution in [0.5, 0.6) is 0 Å². The average Bonchev–Trinajstić information content (AvgIpc) is 2.30. The van der Waals surface area contributed by atoms with Gasteiger partial charge < -0.3 is 5.73 Å². The molecule has 0 atom stereocenters. The zero-order valence-electron chi connectivity index (χ0n) is 8.97. The smallest absolute Gasteiger partial charge is 0.213 e. The molecule has 80 valence electrons. The summed E-state index contributed by atoms with van der Waals surface area (Å²) in [6.45, 7) is 1.98. The van der Waals surface area contributed by atoms with E-state index in [0.29, 0.717) is 16.9 Å². The zero-order valence-corrected chi connectivity index (χ0v) is 8.97. The van der Waals surface area contributed by atoms with Gasteiger partial charge >= 0.3 is 0 Å². The van der Waals surface area contributed by atoms with Crippen LogP contribution in [0.2, 0.25) is 0 Å². The number of carbonyl (C=O) groups excluding carboxylic acids is 1. The molecule has 0 aliphatic heterocycles. The molecule has 2 rings (SSSR count). The van der Waals surface area contributed by atoms with Crippen LogP contribution in [0.15, 0.2) is 42.6 Å². The summed E-state index contributed by atoms with van der Waals surface area (Å²) in [5.74, 6) is -0.141. The third-order valence-electron chi connectivity index (χ3n) is 2.37. The average molecular weight is 212 g/mol. The van der Waals surface area contributed by atoms with Crippen LogP contribution in [-0.4, -0.2) is 10.8 Å². The Balaban J connectivity index is 2.40. The quantitative estimate of drug-likeness (QED) is 0.776. The van der Waals surface area contributed by atoms with E-state index in [1.807, 2.05) is 19.1 Å². The predicted octanol–water partition coefficient (Wildman–Crippen LogP) is 2.20. The van der Waals surface area contributed by atoms with Crippen molar-refractivity contribution in [2.45, 2.75) is 6.92 Å². The maximum atomic E-state index is 12.0. The van der Waals surface area contributed by atoms with E-state index in [0.717, 1.165) is 5.56 Å². The highest BCUT2D eigenvalue weighted by molar-refractivity contribution is 6.10. The highest BCUT2D eigenvalue weighted by atomic mass is 16.1. The summed E-state index contributed by atoms with van der Waals surface area (Å²) in [6.07, 6.45) is 1.57. The van der Waals surface area contributed by atoms with Crippen LogP contribution in [-0.2, 0) is 0 Å². The number of nitrogens with two attached hydrogens (primary N) is 1. The first-order valence-electron chi connectivity index (χ1n) is 5.00. The molecule has 0 aliphatic carbocycles. The van der Waals surface area contributed by atoms with Gasteiger partial charge in [-0.1, -0.05) is 29.8 Å². The number of nitrogens with zero attached hydrogens (tertiary/aromatic N) is 1. The van der Waals surface area contributed by atoms with E-state index in [9.17, 15) is 4.79 Å². The summed E-state index contributed by atoms with van der Waals surface area (Å²) in [5.41, 5.74) is 8.15. The van der Waals surface area contributed by atoms with Crippen molar-refractivity contribution in [3.63, 3.8) is 0 Å². The summed E-state index contributed by atoms with van der Waals surface area (Å²) in [5, 5.41) is 0. The lowest BCUT2D eigenvalue weighted by Crippen LogP contribution is -2.07. The van der Waals surface area contributed by atoms with Crippen molar-refractivity contribution >= 4 is 11.5 Å². The van der Waals surface area contributed by atoms with Crippen LogP contribution in [0, 0.1) is 6.92 Å². The molecule has 0 spiro atoms. The molecule has 0 radical (unpaired) electrons. The van der Waals surface area contributed by atoms with Crippen molar-refractivity contribution in [2.24, 2.45) is 0 Å². The fourth-order valence-corrected chi connectivity index (χ4v) is 1.45. The van der Waals surface area contributed by atoms with E-state index < -0.39 is 0 Å². The fraction of sp³-hybridized carbons (Fsp3) is 0.0769. The fourth-order valence-electron chi connectivity index (χ4n) is 1.45. The molecule has 16 heavy (non-hydrogen) atoms. The maximum Gasteiger partial charge on any atom is 0.213 e. The Morgan fingerprint density at radius 2 is 1.88 bits per heavy atom. The minimum atomic E-state index is -0.141. The van der Waals surface area contributed by atoms with Gasteiger partial charge in [-0.15, -0.1) is 0 Å². The number of aryl methyl sites for hydroxylation is 1. The molecule has 0 unspecified atom stereocenters. The summed E-state index contributed by atoms with van der Waals surface area (Å²) in [6, 6.07) is 10.7. The van der Waals surface area contributed by atoms with Crippen molar-refractivity contribution in [2.75, 3.05) is 5.73 Å².